The lowest BCUT2D eigenvalue weighted by molar-refractivity contribution is -0.117. The predicted octanol–water partition coefficient (Wildman–Crippen LogP) is 6.02. The van der Waals surface area contributed by atoms with Gasteiger partial charge in [0, 0.05) is 12.0 Å². The maximum absolute atomic E-state index is 13.2. The van der Waals surface area contributed by atoms with E-state index in [1.807, 2.05) is 30.3 Å². The standard InChI is InChI=1S/C24H18Cl2FN5O2S/c25-17-7-4-8-18(26)20(17)29-23(34)28-19(13-14-5-2-1-3-6-14)21(33)30-24-32-31-22(35-24)15-9-11-16(27)12-10-15/h1-12,19H,13H2,(H2,28,29,34)(H,30,32,33). The number of nitrogens with zero attached hydrogens (tertiary/aromatic N) is 2. The van der Waals surface area contributed by atoms with Gasteiger partial charge in [-0.25, -0.2) is 9.18 Å². The van der Waals surface area contributed by atoms with Gasteiger partial charge in [-0.2, -0.15) is 0 Å². The summed E-state index contributed by atoms with van der Waals surface area (Å²) in [6.45, 7) is 0. The predicted molar refractivity (Wildman–Crippen MR) is 136 cm³/mol. The molecule has 1 heterocycles. The Bertz CT molecular complexity index is 1320. The summed E-state index contributed by atoms with van der Waals surface area (Å²) in [5, 5.41) is 17.3. The van der Waals surface area contributed by atoms with E-state index in [-0.39, 0.29) is 33.1 Å². The Kier molecular flexibility index (Phi) is 7.91. The Morgan fingerprint density at radius 1 is 0.886 bits per heavy atom. The first-order valence-electron chi connectivity index (χ1n) is 10.3. The first-order valence-corrected chi connectivity index (χ1v) is 11.9. The molecule has 178 valence electrons. The molecule has 3 amide bonds. The van der Waals surface area contributed by atoms with Crippen LogP contribution >= 0.6 is 34.5 Å². The van der Waals surface area contributed by atoms with Crippen molar-refractivity contribution < 1.29 is 14.0 Å². The number of rotatable bonds is 7. The number of hydrogen-bond acceptors (Lipinski definition) is 5. The van der Waals surface area contributed by atoms with Gasteiger partial charge >= 0.3 is 6.03 Å². The largest absolute Gasteiger partial charge is 0.326 e. The SMILES string of the molecule is O=C(Nc1c(Cl)cccc1Cl)NC(Cc1ccccc1)C(=O)Nc1nnc(-c2ccc(F)cc2)s1. The molecule has 35 heavy (non-hydrogen) atoms. The highest BCUT2D eigenvalue weighted by Gasteiger charge is 2.23. The van der Waals surface area contributed by atoms with Crippen molar-refractivity contribution in [2.75, 3.05) is 10.6 Å². The zero-order valence-corrected chi connectivity index (χ0v) is 20.3. The summed E-state index contributed by atoms with van der Waals surface area (Å²) in [6, 6.07) is 18.3. The smallest absolute Gasteiger partial charge is 0.319 e. The molecule has 0 spiro atoms. The van der Waals surface area contributed by atoms with Gasteiger partial charge in [-0.3, -0.25) is 10.1 Å². The molecule has 4 aromatic rings. The zero-order chi connectivity index (χ0) is 24.8. The van der Waals surface area contributed by atoms with Crippen molar-refractivity contribution in [2.24, 2.45) is 0 Å². The first-order chi connectivity index (χ1) is 16.9. The highest BCUT2D eigenvalue weighted by molar-refractivity contribution is 7.18. The fourth-order valence-electron chi connectivity index (χ4n) is 3.16. The second-order valence-corrected chi connectivity index (χ2v) is 9.14. The molecule has 0 aliphatic rings. The number of para-hydroxylation sites is 1. The lowest BCUT2D eigenvalue weighted by atomic mass is 10.1. The number of carbonyl (C=O) groups is 2. The molecule has 0 aliphatic carbocycles. The summed E-state index contributed by atoms with van der Waals surface area (Å²) in [5.41, 5.74) is 1.74. The van der Waals surface area contributed by atoms with Crippen molar-refractivity contribution in [1.82, 2.24) is 15.5 Å². The number of nitrogens with one attached hydrogen (secondary N) is 3. The number of urea groups is 1. The molecule has 7 nitrogen and oxygen atoms in total. The van der Waals surface area contributed by atoms with Gasteiger partial charge in [0.25, 0.3) is 0 Å². The third-order valence-electron chi connectivity index (χ3n) is 4.85. The van der Waals surface area contributed by atoms with Crippen molar-refractivity contribution in [3.05, 3.63) is 94.2 Å². The second-order valence-electron chi connectivity index (χ2n) is 7.35. The van der Waals surface area contributed by atoms with Crippen molar-refractivity contribution in [1.29, 1.82) is 0 Å². The average molecular weight is 530 g/mol. The van der Waals surface area contributed by atoms with E-state index >= 15 is 0 Å². The van der Waals surface area contributed by atoms with Crippen LogP contribution in [0.3, 0.4) is 0 Å². The Balaban J connectivity index is 1.49. The quantitative estimate of drug-likeness (QED) is 0.272. The number of benzene rings is 3. The van der Waals surface area contributed by atoms with Gasteiger partial charge in [-0.1, -0.05) is 70.9 Å². The summed E-state index contributed by atoms with van der Waals surface area (Å²) in [4.78, 5) is 25.8. The van der Waals surface area contributed by atoms with Crippen molar-refractivity contribution >= 4 is 57.3 Å². The first kappa shape index (κ1) is 24.6. The van der Waals surface area contributed by atoms with E-state index in [4.69, 9.17) is 23.2 Å². The molecule has 0 aliphatic heterocycles. The third-order valence-corrected chi connectivity index (χ3v) is 6.37. The number of halogens is 3. The zero-order valence-electron chi connectivity index (χ0n) is 18.0. The minimum atomic E-state index is -0.947. The van der Waals surface area contributed by atoms with E-state index in [0.717, 1.165) is 16.9 Å². The van der Waals surface area contributed by atoms with Crippen LogP contribution in [0.1, 0.15) is 5.56 Å². The molecule has 1 aromatic heterocycles. The minimum absolute atomic E-state index is 0.222. The number of aromatic nitrogens is 2. The van der Waals surface area contributed by atoms with E-state index < -0.39 is 18.0 Å². The van der Waals surface area contributed by atoms with Crippen LogP contribution in [0, 0.1) is 5.82 Å². The summed E-state index contributed by atoms with van der Waals surface area (Å²) in [7, 11) is 0. The average Bonchev–Trinajstić information content (AvgIpc) is 3.30. The molecule has 3 N–H and O–H groups in total. The molecular formula is C24H18Cl2FN5O2S. The van der Waals surface area contributed by atoms with Gasteiger partial charge in [-0.05, 0) is 42.0 Å². The topological polar surface area (TPSA) is 96.0 Å². The van der Waals surface area contributed by atoms with E-state index in [1.54, 1.807) is 30.3 Å². The fourth-order valence-corrected chi connectivity index (χ4v) is 4.40. The minimum Gasteiger partial charge on any atom is -0.326 e. The van der Waals surface area contributed by atoms with E-state index in [0.29, 0.717) is 10.6 Å². The van der Waals surface area contributed by atoms with Crippen LogP contribution in [0.25, 0.3) is 10.6 Å². The van der Waals surface area contributed by atoms with Gasteiger partial charge in [-0.15, -0.1) is 10.2 Å². The van der Waals surface area contributed by atoms with Gasteiger partial charge in [0.2, 0.25) is 11.0 Å². The summed E-state index contributed by atoms with van der Waals surface area (Å²) >= 11 is 13.4. The molecule has 3 aromatic carbocycles. The second kappa shape index (κ2) is 11.3. The van der Waals surface area contributed by atoms with Crippen LogP contribution < -0.4 is 16.0 Å². The third kappa shape index (κ3) is 6.54. The molecule has 0 radical (unpaired) electrons. The van der Waals surface area contributed by atoms with Crippen LogP contribution in [0.4, 0.5) is 20.0 Å². The maximum atomic E-state index is 13.2. The Morgan fingerprint density at radius 3 is 2.26 bits per heavy atom. The molecule has 0 bridgehead atoms. The van der Waals surface area contributed by atoms with Crippen LogP contribution in [0.5, 0.6) is 0 Å². The van der Waals surface area contributed by atoms with E-state index in [2.05, 4.69) is 26.1 Å². The fraction of sp³-hybridized carbons (Fsp3) is 0.0833. The molecule has 1 unspecified atom stereocenters. The summed E-state index contributed by atoms with van der Waals surface area (Å²) < 4.78 is 13.2. The molecular weight excluding hydrogens is 512 g/mol. The van der Waals surface area contributed by atoms with Gasteiger partial charge in [0.05, 0.1) is 15.7 Å². The highest BCUT2D eigenvalue weighted by Crippen LogP contribution is 2.30. The molecule has 0 saturated carbocycles. The van der Waals surface area contributed by atoms with Crippen molar-refractivity contribution in [3.63, 3.8) is 0 Å². The molecule has 0 fully saturated rings. The van der Waals surface area contributed by atoms with Crippen LogP contribution in [0.15, 0.2) is 72.8 Å². The summed E-state index contributed by atoms with van der Waals surface area (Å²) in [6.07, 6.45) is 0.222. The van der Waals surface area contributed by atoms with Crippen LogP contribution in [-0.4, -0.2) is 28.2 Å². The number of carbonyl (C=O) groups excluding carboxylic acids is 2. The monoisotopic (exact) mass is 529 g/mol. The van der Waals surface area contributed by atoms with E-state index in [1.165, 1.54) is 12.1 Å². The number of anilines is 2. The van der Waals surface area contributed by atoms with E-state index in [9.17, 15) is 14.0 Å². The molecule has 11 heteroatoms. The number of amides is 3. The van der Waals surface area contributed by atoms with Gasteiger partial charge < -0.3 is 10.6 Å². The Labute approximate surface area is 214 Å². The van der Waals surface area contributed by atoms with Crippen molar-refractivity contribution in [3.8, 4) is 10.6 Å². The maximum Gasteiger partial charge on any atom is 0.319 e. The Hall–Kier alpha value is -3.53. The highest BCUT2D eigenvalue weighted by atomic mass is 35.5. The van der Waals surface area contributed by atoms with Gasteiger partial charge in [0.15, 0.2) is 0 Å². The summed E-state index contributed by atoms with van der Waals surface area (Å²) in [5.74, 6) is -0.853. The normalized spacial score (nSPS) is 11.5. The lowest BCUT2D eigenvalue weighted by Crippen LogP contribution is -2.47. The lowest BCUT2D eigenvalue weighted by Gasteiger charge is -2.19. The number of hydrogen-bond donors (Lipinski definition) is 3. The van der Waals surface area contributed by atoms with Crippen LogP contribution in [0.2, 0.25) is 10.0 Å². The van der Waals surface area contributed by atoms with Crippen molar-refractivity contribution in [2.45, 2.75) is 12.5 Å². The van der Waals surface area contributed by atoms with Gasteiger partial charge in [0.1, 0.15) is 16.9 Å². The Morgan fingerprint density at radius 2 is 1.57 bits per heavy atom. The molecule has 1 atom stereocenters. The molecule has 4 rings (SSSR count). The molecule has 0 saturated heterocycles. The van der Waals surface area contributed by atoms with Crippen LogP contribution in [-0.2, 0) is 11.2 Å².